The number of thioether (sulfide) groups is 1. The van der Waals surface area contributed by atoms with Gasteiger partial charge in [0.2, 0.25) is 0 Å². The van der Waals surface area contributed by atoms with E-state index in [2.05, 4.69) is 15.2 Å². The van der Waals surface area contributed by atoms with E-state index in [1.165, 1.54) is 23.1 Å². The number of aryl methyl sites for hydroxylation is 1. The Kier molecular flexibility index (Phi) is 3.35. The second-order valence-electron chi connectivity index (χ2n) is 4.09. The third-order valence-corrected chi connectivity index (χ3v) is 4.70. The number of para-hydroxylation sites is 1. The quantitative estimate of drug-likeness (QED) is 0.591. The van der Waals surface area contributed by atoms with Crippen molar-refractivity contribution in [2.45, 2.75) is 11.3 Å². The lowest BCUT2D eigenvalue weighted by molar-refractivity contribution is 0.102. The predicted octanol–water partition coefficient (Wildman–Crippen LogP) is 3.30. The summed E-state index contributed by atoms with van der Waals surface area (Å²) in [5.74, 6) is 0.507. The normalized spacial score (nSPS) is 11.0. The van der Waals surface area contributed by atoms with E-state index in [0.717, 1.165) is 26.5 Å². The molecule has 0 aliphatic rings. The number of hydrogen-bond acceptors (Lipinski definition) is 5. The van der Waals surface area contributed by atoms with Crippen molar-refractivity contribution in [3.63, 3.8) is 0 Å². The van der Waals surface area contributed by atoms with Crippen LogP contribution in [0.1, 0.15) is 16.1 Å². The van der Waals surface area contributed by atoms with Gasteiger partial charge in [-0.2, -0.15) is 0 Å². The van der Waals surface area contributed by atoms with Crippen LogP contribution in [-0.2, 0) is 0 Å². The minimum absolute atomic E-state index is 0.121. The molecule has 0 atom stereocenters. The SMILES string of the molecule is Cc1[nH]c2ccccc2c1C(=O)CSc1nncs1. The van der Waals surface area contributed by atoms with Gasteiger partial charge in [-0.3, -0.25) is 4.79 Å². The molecule has 0 aliphatic heterocycles. The fourth-order valence-corrected chi connectivity index (χ4v) is 3.42. The fourth-order valence-electron chi connectivity index (χ4n) is 2.06. The van der Waals surface area contributed by atoms with Gasteiger partial charge in [0.05, 0.1) is 5.75 Å². The molecule has 1 aromatic carbocycles. The highest BCUT2D eigenvalue weighted by Gasteiger charge is 2.16. The number of rotatable bonds is 4. The molecule has 4 nitrogen and oxygen atoms in total. The minimum atomic E-state index is 0.121. The molecule has 0 bridgehead atoms. The molecule has 0 radical (unpaired) electrons. The predicted molar refractivity (Wildman–Crippen MR) is 78.0 cm³/mol. The molecule has 0 amide bonds. The van der Waals surface area contributed by atoms with E-state index in [9.17, 15) is 4.79 Å². The zero-order chi connectivity index (χ0) is 13.2. The van der Waals surface area contributed by atoms with E-state index in [-0.39, 0.29) is 5.78 Å². The molecule has 96 valence electrons. The summed E-state index contributed by atoms with van der Waals surface area (Å²) in [4.78, 5) is 15.6. The molecule has 0 aliphatic carbocycles. The van der Waals surface area contributed by atoms with Gasteiger partial charge >= 0.3 is 0 Å². The van der Waals surface area contributed by atoms with Crippen molar-refractivity contribution in [3.05, 3.63) is 41.0 Å². The number of ketones is 1. The highest BCUT2D eigenvalue weighted by Crippen LogP contribution is 2.25. The van der Waals surface area contributed by atoms with Gasteiger partial charge in [-0.25, -0.2) is 0 Å². The number of carbonyl (C=O) groups excluding carboxylic acids is 1. The number of nitrogens with zero attached hydrogens (tertiary/aromatic N) is 2. The summed E-state index contributed by atoms with van der Waals surface area (Å²) in [6.45, 7) is 1.93. The number of benzene rings is 1. The second-order valence-corrected chi connectivity index (χ2v) is 6.14. The van der Waals surface area contributed by atoms with Crippen LogP contribution < -0.4 is 0 Å². The Labute approximate surface area is 118 Å². The zero-order valence-corrected chi connectivity index (χ0v) is 11.8. The smallest absolute Gasteiger partial charge is 0.175 e. The lowest BCUT2D eigenvalue weighted by Gasteiger charge is -1.99. The third-order valence-electron chi connectivity index (χ3n) is 2.84. The molecule has 0 saturated carbocycles. The van der Waals surface area contributed by atoms with Crippen molar-refractivity contribution < 1.29 is 4.79 Å². The number of fused-ring (bicyclic) bond motifs is 1. The van der Waals surface area contributed by atoms with E-state index < -0.39 is 0 Å². The van der Waals surface area contributed by atoms with Crippen LogP contribution in [0.2, 0.25) is 0 Å². The molecule has 19 heavy (non-hydrogen) atoms. The van der Waals surface area contributed by atoms with Crippen LogP contribution in [0, 0.1) is 6.92 Å². The molecule has 2 heterocycles. The lowest BCUT2D eigenvalue weighted by atomic mass is 10.1. The zero-order valence-electron chi connectivity index (χ0n) is 10.2. The number of aromatic nitrogens is 3. The molecule has 0 unspecified atom stereocenters. The Morgan fingerprint density at radius 1 is 1.42 bits per heavy atom. The van der Waals surface area contributed by atoms with Gasteiger partial charge in [0.15, 0.2) is 10.1 Å². The Morgan fingerprint density at radius 2 is 2.26 bits per heavy atom. The van der Waals surface area contributed by atoms with Gasteiger partial charge in [-0.1, -0.05) is 41.3 Å². The van der Waals surface area contributed by atoms with E-state index >= 15 is 0 Å². The van der Waals surface area contributed by atoms with Gasteiger partial charge in [-0.15, -0.1) is 10.2 Å². The molecule has 0 saturated heterocycles. The van der Waals surface area contributed by atoms with Crippen molar-refractivity contribution in [3.8, 4) is 0 Å². The van der Waals surface area contributed by atoms with Crippen molar-refractivity contribution in [2.75, 3.05) is 5.75 Å². The molecular formula is C13H11N3OS2. The van der Waals surface area contributed by atoms with Crippen molar-refractivity contribution in [1.82, 2.24) is 15.2 Å². The first-order valence-electron chi connectivity index (χ1n) is 5.75. The van der Waals surface area contributed by atoms with Crippen LogP contribution >= 0.6 is 23.1 Å². The van der Waals surface area contributed by atoms with Crippen LogP contribution in [0.5, 0.6) is 0 Å². The molecule has 6 heteroatoms. The van der Waals surface area contributed by atoms with E-state index in [0.29, 0.717) is 5.75 Å². The van der Waals surface area contributed by atoms with E-state index in [1.54, 1.807) is 5.51 Å². The first-order valence-corrected chi connectivity index (χ1v) is 7.61. The van der Waals surface area contributed by atoms with Gasteiger partial charge in [-0.05, 0) is 13.0 Å². The van der Waals surface area contributed by atoms with Crippen LogP contribution in [0.3, 0.4) is 0 Å². The maximum Gasteiger partial charge on any atom is 0.175 e. The third kappa shape index (κ3) is 2.41. The highest BCUT2D eigenvalue weighted by atomic mass is 32.2. The number of Topliss-reactive ketones (excluding diaryl/α,β-unsaturated/α-hetero) is 1. The second kappa shape index (κ2) is 5.14. The maximum atomic E-state index is 12.4. The van der Waals surface area contributed by atoms with Crippen molar-refractivity contribution in [1.29, 1.82) is 0 Å². The van der Waals surface area contributed by atoms with Crippen LogP contribution in [0.15, 0.2) is 34.1 Å². The average Bonchev–Trinajstić information content (AvgIpc) is 3.02. The summed E-state index contributed by atoms with van der Waals surface area (Å²) in [5, 5.41) is 8.68. The van der Waals surface area contributed by atoms with Gasteiger partial charge in [0, 0.05) is 22.2 Å². The first kappa shape index (κ1) is 12.4. The summed E-state index contributed by atoms with van der Waals surface area (Å²) in [6.07, 6.45) is 0. The molecule has 1 N–H and O–H groups in total. The summed E-state index contributed by atoms with van der Waals surface area (Å²) < 4.78 is 0.825. The molecule has 0 spiro atoms. The van der Waals surface area contributed by atoms with E-state index in [4.69, 9.17) is 0 Å². The molecule has 3 rings (SSSR count). The number of hydrogen-bond donors (Lipinski definition) is 1. The Bertz CT molecular complexity index is 719. The Balaban J connectivity index is 1.87. The average molecular weight is 289 g/mol. The number of H-pyrrole nitrogens is 1. The number of aromatic amines is 1. The monoisotopic (exact) mass is 289 g/mol. The first-order chi connectivity index (χ1) is 9.25. The summed E-state index contributed by atoms with van der Waals surface area (Å²) in [6, 6.07) is 7.87. The van der Waals surface area contributed by atoms with Crippen molar-refractivity contribution >= 4 is 39.8 Å². The van der Waals surface area contributed by atoms with Crippen LogP contribution in [-0.4, -0.2) is 26.7 Å². The van der Waals surface area contributed by atoms with Crippen LogP contribution in [0.25, 0.3) is 10.9 Å². The Hall–Kier alpha value is -1.66. The molecule has 3 aromatic rings. The standard InChI is InChI=1S/C13H11N3OS2/c1-8-12(9-4-2-3-5-10(9)15-8)11(17)6-18-13-16-14-7-19-13/h2-5,7,15H,6H2,1H3. The molecular weight excluding hydrogens is 278 g/mol. The largest absolute Gasteiger partial charge is 0.358 e. The van der Waals surface area contributed by atoms with E-state index in [1.807, 2.05) is 31.2 Å². The van der Waals surface area contributed by atoms with Gasteiger partial charge < -0.3 is 4.98 Å². The van der Waals surface area contributed by atoms with Gasteiger partial charge in [0.1, 0.15) is 5.51 Å². The Morgan fingerprint density at radius 3 is 3.05 bits per heavy atom. The maximum absolute atomic E-state index is 12.4. The number of nitrogens with one attached hydrogen (secondary N) is 1. The van der Waals surface area contributed by atoms with Crippen LogP contribution in [0.4, 0.5) is 0 Å². The molecule has 0 fully saturated rings. The van der Waals surface area contributed by atoms with Gasteiger partial charge in [0.25, 0.3) is 0 Å². The topological polar surface area (TPSA) is 58.6 Å². The summed E-state index contributed by atoms with van der Waals surface area (Å²) in [7, 11) is 0. The van der Waals surface area contributed by atoms with Crippen molar-refractivity contribution in [2.24, 2.45) is 0 Å². The summed E-state index contributed by atoms with van der Waals surface area (Å²) >= 11 is 2.88. The summed E-state index contributed by atoms with van der Waals surface area (Å²) in [5.41, 5.74) is 4.38. The minimum Gasteiger partial charge on any atom is -0.358 e. The molecule has 2 aromatic heterocycles. The number of carbonyl (C=O) groups is 1. The fraction of sp³-hybridized carbons (Fsp3) is 0.154. The highest BCUT2D eigenvalue weighted by molar-refractivity contribution is 8.01. The lowest BCUT2D eigenvalue weighted by Crippen LogP contribution is -2.03.